The zero-order valence-corrected chi connectivity index (χ0v) is 11.4. The summed E-state index contributed by atoms with van der Waals surface area (Å²) in [5.74, 6) is 0.233. The van der Waals surface area contributed by atoms with Crippen molar-refractivity contribution >= 4 is 0 Å². The fourth-order valence-electron chi connectivity index (χ4n) is 2.33. The molecule has 3 heteroatoms. The molecule has 2 rings (SSSR count). The molecule has 1 aromatic rings. The third kappa shape index (κ3) is 3.53. The van der Waals surface area contributed by atoms with Crippen LogP contribution in [-0.4, -0.2) is 18.7 Å². The van der Waals surface area contributed by atoms with Gasteiger partial charge in [0.15, 0.2) is 0 Å². The normalized spacial score (nSPS) is 24.4. The van der Waals surface area contributed by atoms with Gasteiger partial charge in [-0.3, -0.25) is 0 Å². The van der Waals surface area contributed by atoms with Gasteiger partial charge in [0.2, 0.25) is 0 Å². The molecule has 0 bridgehead atoms. The molecular formula is C15H22FNO. The molecule has 1 aliphatic heterocycles. The number of nitrogens with one attached hydrogen (secondary N) is 1. The first-order valence-electron chi connectivity index (χ1n) is 6.58. The van der Waals surface area contributed by atoms with Gasteiger partial charge in [-0.15, -0.1) is 0 Å². The summed E-state index contributed by atoms with van der Waals surface area (Å²) in [5.41, 5.74) is 1.06. The fourth-order valence-corrected chi connectivity index (χ4v) is 2.33. The van der Waals surface area contributed by atoms with Crippen molar-refractivity contribution in [3.8, 4) is 0 Å². The van der Waals surface area contributed by atoms with Crippen molar-refractivity contribution in [2.75, 3.05) is 13.2 Å². The first-order chi connectivity index (χ1) is 8.46. The van der Waals surface area contributed by atoms with Crippen LogP contribution in [0.4, 0.5) is 4.39 Å². The predicted octanol–water partition coefficient (Wildman–Crippen LogP) is 3.29. The minimum Gasteiger partial charge on any atom is -0.373 e. The van der Waals surface area contributed by atoms with Crippen LogP contribution in [0.3, 0.4) is 0 Å². The van der Waals surface area contributed by atoms with Crippen LogP contribution in [0.25, 0.3) is 0 Å². The van der Waals surface area contributed by atoms with Gasteiger partial charge in [0, 0.05) is 24.6 Å². The molecule has 1 aromatic carbocycles. The van der Waals surface area contributed by atoms with Gasteiger partial charge >= 0.3 is 0 Å². The summed E-state index contributed by atoms with van der Waals surface area (Å²) in [7, 11) is 0. The van der Waals surface area contributed by atoms with Crippen molar-refractivity contribution in [2.24, 2.45) is 5.92 Å². The van der Waals surface area contributed by atoms with Gasteiger partial charge in [-0.1, -0.05) is 12.1 Å². The van der Waals surface area contributed by atoms with Crippen LogP contribution in [0.15, 0.2) is 24.3 Å². The minimum absolute atomic E-state index is 0.0237. The van der Waals surface area contributed by atoms with Crippen LogP contribution >= 0.6 is 0 Å². The van der Waals surface area contributed by atoms with Crippen LogP contribution < -0.4 is 5.32 Å². The number of hydrogen-bond acceptors (Lipinski definition) is 2. The molecule has 1 aliphatic rings. The molecule has 18 heavy (non-hydrogen) atoms. The molecular weight excluding hydrogens is 229 g/mol. The summed E-state index contributed by atoms with van der Waals surface area (Å²) < 4.78 is 19.0. The van der Waals surface area contributed by atoms with Crippen molar-refractivity contribution in [3.63, 3.8) is 0 Å². The zero-order valence-electron chi connectivity index (χ0n) is 11.4. The maximum atomic E-state index is 13.3. The average molecular weight is 251 g/mol. The number of benzene rings is 1. The Morgan fingerprint density at radius 3 is 2.83 bits per heavy atom. The molecule has 100 valence electrons. The second kappa shape index (κ2) is 5.37. The molecule has 1 saturated heterocycles. The smallest absolute Gasteiger partial charge is 0.123 e. The molecule has 0 saturated carbocycles. The Balaban J connectivity index is 2.03. The number of halogens is 1. The average Bonchev–Trinajstić information content (AvgIpc) is 2.73. The molecule has 2 atom stereocenters. The summed E-state index contributed by atoms with van der Waals surface area (Å²) >= 11 is 0. The minimum atomic E-state index is -0.189. The molecule has 0 amide bonds. The summed E-state index contributed by atoms with van der Waals surface area (Å²) in [6.45, 7) is 8.13. The quantitative estimate of drug-likeness (QED) is 0.890. The van der Waals surface area contributed by atoms with Gasteiger partial charge in [0.1, 0.15) is 5.82 Å². The first-order valence-corrected chi connectivity index (χ1v) is 6.58. The van der Waals surface area contributed by atoms with Crippen molar-refractivity contribution in [1.82, 2.24) is 5.32 Å². The van der Waals surface area contributed by atoms with Crippen LogP contribution in [0.2, 0.25) is 0 Å². The Morgan fingerprint density at radius 1 is 1.39 bits per heavy atom. The molecule has 1 fully saturated rings. The highest BCUT2D eigenvalue weighted by molar-refractivity contribution is 5.20. The van der Waals surface area contributed by atoms with Gasteiger partial charge in [-0.05, 0) is 44.9 Å². The predicted molar refractivity (Wildman–Crippen MR) is 71.0 cm³/mol. The highest BCUT2D eigenvalue weighted by Gasteiger charge is 2.30. The number of rotatable bonds is 3. The van der Waals surface area contributed by atoms with E-state index in [-0.39, 0.29) is 17.5 Å². The van der Waals surface area contributed by atoms with Gasteiger partial charge < -0.3 is 10.1 Å². The molecule has 1 N–H and O–H groups in total. The monoisotopic (exact) mass is 251 g/mol. The second-order valence-corrected chi connectivity index (χ2v) is 6.03. The third-order valence-corrected chi connectivity index (χ3v) is 3.29. The van der Waals surface area contributed by atoms with E-state index in [0.29, 0.717) is 5.92 Å². The van der Waals surface area contributed by atoms with E-state index in [1.165, 1.54) is 6.07 Å². The molecule has 2 nitrogen and oxygen atoms in total. The fraction of sp³-hybridized carbons (Fsp3) is 0.600. The molecule has 0 aliphatic carbocycles. The van der Waals surface area contributed by atoms with E-state index in [1.54, 1.807) is 12.1 Å². The summed E-state index contributed by atoms with van der Waals surface area (Å²) in [5, 5.41) is 3.50. The highest BCUT2D eigenvalue weighted by atomic mass is 19.1. The largest absolute Gasteiger partial charge is 0.373 e. The van der Waals surface area contributed by atoms with E-state index < -0.39 is 0 Å². The lowest BCUT2D eigenvalue weighted by molar-refractivity contribution is 0.0887. The Bertz CT molecular complexity index is 400. The van der Waals surface area contributed by atoms with Crippen LogP contribution in [0.1, 0.15) is 38.9 Å². The SMILES string of the molecule is CC(C)(C)NCC1CCOC1c1cccc(F)c1. The summed E-state index contributed by atoms with van der Waals surface area (Å²) in [4.78, 5) is 0. The maximum Gasteiger partial charge on any atom is 0.123 e. The standard InChI is InChI=1S/C15H22FNO/c1-15(2,3)17-10-12-7-8-18-14(12)11-5-4-6-13(16)9-11/h4-6,9,12,14,17H,7-8,10H2,1-3H3. The van der Waals surface area contributed by atoms with E-state index in [1.807, 2.05) is 6.07 Å². The van der Waals surface area contributed by atoms with Crippen molar-refractivity contribution < 1.29 is 9.13 Å². The molecule has 1 heterocycles. The lowest BCUT2D eigenvalue weighted by Gasteiger charge is -2.26. The summed E-state index contributed by atoms with van der Waals surface area (Å²) in [6.07, 6.45) is 1.06. The maximum absolute atomic E-state index is 13.3. The van der Waals surface area contributed by atoms with E-state index in [2.05, 4.69) is 26.1 Å². The van der Waals surface area contributed by atoms with Gasteiger partial charge in [-0.2, -0.15) is 0 Å². The lowest BCUT2D eigenvalue weighted by atomic mass is 9.94. The Kier molecular flexibility index (Phi) is 4.03. The van der Waals surface area contributed by atoms with Crippen molar-refractivity contribution in [3.05, 3.63) is 35.6 Å². The van der Waals surface area contributed by atoms with E-state index in [4.69, 9.17) is 4.74 Å². The Hall–Kier alpha value is -0.930. The molecule has 0 radical (unpaired) electrons. The molecule has 2 unspecified atom stereocenters. The Morgan fingerprint density at radius 2 is 2.17 bits per heavy atom. The van der Waals surface area contributed by atoms with Crippen LogP contribution in [-0.2, 0) is 4.74 Å². The van der Waals surface area contributed by atoms with E-state index in [0.717, 1.165) is 25.1 Å². The van der Waals surface area contributed by atoms with Gasteiger partial charge in [0.25, 0.3) is 0 Å². The topological polar surface area (TPSA) is 21.3 Å². The first kappa shape index (κ1) is 13.5. The lowest BCUT2D eigenvalue weighted by Crippen LogP contribution is -2.39. The number of ether oxygens (including phenoxy) is 1. The second-order valence-electron chi connectivity index (χ2n) is 6.03. The molecule has 0 aromatic heterocycles. The van der Waals surface area contributed by atoms with Gasteiger partial charge in [0.05, 0.1) is 6.10 Å². The van der Waals surface area contributed by atoms with Crippen LogP contribution in [0, 0.1) is 11.7 Å². The van der Waals surface area contributed by atoms with E-state index in [9.17, 15) is 4.39 Å². The molecule has 0 spiro atoms. The third-order valence-electron chi connectivity index (χ3n) is 3.29. The highest BCUT2D eigenvalue weighted by Crippen LogP contribution is 2.34. The van der Waals surface area contributed by atoms with Crippen molar-refractivity contribution in [2.45, 2.75) is 38.8 Å². The van der Waals surface area contributed by atoms with Crippen LogP contribution in [0.5, 0.6) is 0 Å². The van der Waals surface area contributed by atoms with E-state index >= 15 is 0 Å². The summed E-state index contributed by atoms with van der Waals surface area (Å²) in [6, 6.07) is 6.75. The number of hydrogen-bond donors (Lipinski definition) is 1. The van der Waals surface area contributed by atoms with Gasteiger partial charge in [-0.25, -0.2) is 4.39 Å². The Labute approximate surface area is 109 Å². The van der Waals surface area contributed by atoms with Crippen molar-refractivity contribution in [1.29, 1.82) is 0 Å². The zero-order chi connectivity index (χ0) is 13.2.